The molecule has 0 aromatic carbocycles. The van der Waals surface area contributed by atoms with Crippen molar-refractivity contribution in [2.75, 3.05) is 5.73 Å². The molecule has 0 spiro atoms. The molecule has 19 heavy (non-hydrogen) atoms. The van der Waals surface area contributed by atoms with Gasteiger partial charge in [-0.05, 0) is 13.0 Å². The Labute approximate surface area is 109 Å². The van der Waals surface area contributed by atoms with Crippen LogP contribution in [0.5, 0.6) is 0 Å². The van der Waals surface area contributed by atoms with Gasteiger partial charge in [0, 0.05) is 31.0 Å². The minimum atomic E-state index is -0.803. The van der Waals surface area contributed by atoms with Crippen molar-refractivity contribution in [2.24, 2.45) is 7.05 Å². The van der Waals surface area contributed by atoms with Crippen LogP contribution in [-0.2, 0) is 13.6 Å². The van der Waals surface area contributed by atoms with Gasteiger partial charge < -0.3 is 11.1 Å². The Morgan fingerprint density at radius 3 is 2.95 bits per heavy atom. The Hall–Kier alpha value is -2.44. The number of aromatic nitrogens is 3. The Morgan fingerprint density at radius 1 is 1.58 bits per heavy atom. The molecule has 0 aliphatic rings. The molecule has 3 N–H and O–H groups in total. The minimum absolute atomic E-state index is 0.117. The predicted octanol–water partition coefficient (Wildman–Crippen LogP) is 0.775. The maximum atomic E-state index is 13.6. The fourth-order valence-electron chi connectivity index (χ4n) is 1.62. The van der Waals surface area contributed by atoms with Crippen LogP contribution in [0.25, 0.3) is 0 Å². The molecule has 0 bridgehead atoms. The maximum absolute atomic E-state index is 13.6. The summed E-state index contributed by atoms with van der Waals surface area (Å²) in [7, 11) is 1.81. The van der Waals surface area contributed by atoms with E-state index >= 15 is 0 Å². The molecule has 0 saturated heterocycles. The number of rotatable bonds is 3. The van der Waals surface area contributed by atoms with Gasteiger partial charge in [0.15, 0.2) is 11.6 Å². The van der Waals surface area contributed by atoms with Crippen molar-refractivity contribution in [2.45, 2.75) is 13.5 Å². The average molecular weight is 263 g/mol. The average Bonchev–Trinajstić information content (AvgIpc) is 2.70. The van der Waals surface area contributed by atoms with Crippen molar-refractivity contribution in [3.8, 4) is 0 Å². The first-order valence-electron chi connectivity index (χ1n) is 5.66. The van der Waals surface area contributed by atoms with Gasteiger partial charge in [0.25, 0.3) is 5.91 Å². The van der Waals surface area contributed by atoms with Crippen LogP contribution in [0.1, 0.15) is 21.6 Å². The van der Waals surface area contributed by atoms with Gasteiger partial charge in [-0.2, -0.15) is 5.10 Å². The van der Waals surface area contributed by atoms with E-state index in [-0.39, 0.29) is 17.9 Å². The zero-order valence-corrected chi connectivity index (χ0v) is 10.6. The summed E-state index contributed by atoms with van der Waals surface area (Å²) < 4.78 is 15.3. The molecule has 2 rings (SSSR count). The second kappa shape index (κ2) is 5.05. The van der Waals surface area contributed by atoms with E-state index in [0.717, 1.165) is 11.3 Å². The van der Waals surface area contributed by atoms with Crippen molar-refractivity contribution < 1.29 is 9.18 Å². The lowest BCUT2D eigenvalue weighted by molar-refractivity contribution is 0.0947. The topological polar surface area (TPSA) is 85.8 Å². The van der Waals surface area contributed by atoms with E-state index in [9.17, 15) is 9.18 Å². The molecule has 0 saturated carbocycles. The summed E-state index contributed by atoms with van der Waals surface area (Å²) in [6, 6.07) is 1.29. The Kier molecular flexibility index (Phi) is 3.46. The molecule has 1 amide bonds. The Morgan fingerprint density at radius 2 is 2.32 bits per heavy atom. The monoisotopic (exact) mass is 263 g/mol. The molecule has 100 valence electrons. The summed E-state index contributed by atoms with van der Waals surface area (Å²) in [6.07, 6.45) is 2.95. The number of nitrogens with one attached hydrogen (secondary N) is 1. The number of pyridine rings is 1. The standard InChI is InChI=1S/C12H14FN5O/c1-7-8(6-17-18(7)2)5-16-12(19)9-3-4-15-11(14)10(9)13/h3-4,6H,5H2,1-2H3,(H2,14,15)(H,16,19). The molecule has 0 radical (unpaired) electrons. The Bertz CT molecular complexity index is 623. The van der Waals surface area contributed by atoms with E-state index in [1.807, 2.05) is 14.0 Å². The minimum Gasteiger partial charge on any atom is -0.381 e. The summed E-state index contributed by atoms with van der Waals surface area (Å²) in [5, 5.41) is 6.68. The number of amides is 1. The van der Waals surface area contributed by atoms with Crippen molar-refractivity contribution in [1.29, 1.82) is 0 Å². The third-order valence-electron chi connectivity index (χ3n) is 2.94. The van der Waals surface area contributed by atoms with Crippen LogP contribution in [0, 0.1) is 12.7 Å². The first-order chi connectivity index (χ1) is 9.00. The van der Waals surface area contributed by atoms with Crippen LogP contribution in [0.15, 0.2) is 18.5 Å². The van der Waals surface area contributed by atoms with Gasteiger partial charge in [0.2, 0.25) is 0 Å². The molecule has 2 aromatic rings. The summed E-state index contributed by atoms with van der Waals surface area (Å²) >= 11 is 0. The number of aryl methyl sites for hydroxylation is 1. The number of carbonyl (C=O) groups excluding carboxylic acids is 1. The molecule has 6 nitrogen and oxygen atoms in total. The van der Waals surface area contributed by atoms with E-state index in [2.05, 4.69) is 15.4 Å². The molecular weight excluding hydrogens is 249 g/mol. The molecule has 0 unspecified atom stereocenters. The van der Waals surface area contributed by atoms with Gasteiger partial charge in [-0.1, -0.05) is 0 Å². The first-order valence-corrected chi connectivity index (χ1v) is 5.66. The smallest absolute Gasteiger partial charge is 0.254 e. The SMILES string of the molecule is Cc1c(CNC(=O)c2ccnc(N)c2F)cnn1C. The molecular formula is C12H14FN5O. The highest BCUT2D eigenvalue weighted by Gasteiger charge is 2.14. The van der Waals surface area contributed by atoms with Crippen molar-refractivity contribution in [3.63, 3.8) is 0 Å². The summed E-state index contributed by atoms with van der Waals surface area (Å²) in [4.78, 5) is 15.4. The van der Waals surface area contributed by atoms with Gasteiger partial charge in [-0.3, -0.25) is 9.48 Å². The summed E-state index contributed by atoms with van der Waals surface area (Å²) in [6.45, 7) is 2.17. The normalized spacial score (nSPS) is 10.5. The number of carbonyl (C=O) groups is 1. The number of nitrogen functional groups attached to an aromatic ring is 1. The zero-order valence-electron chi connectivity index (χ0n) is 10.6. The van der Waals surface area contributed by atoms with Crippen LogP contribution in [-0.4, -0.2) is 20.7 Å². The number of hydrogen-bond acceptors (Lipinski definition) is 4. The number of nitrogens with zero attached hydrogens (tertiary/aromatic N) is 3. The van der Waals surface area contributed by atoms with E-state index in [1.165, 1.54) is 12.3 Å². The molecule has 7 heteroatoms. The zero-order chi connectivity index (χ0) is 14.0. The van der Waals surface area contributed by atoms with E-state index in [1.54, 1.807) is 10.9 Å². The lowest BCUT2D eigenvalue weighted by atomic mass is 10.2. The molecule has 0 aliphatic carbocycles. The van der Waals surface area contributed by atoms with Gasteiger partial charge in [0.05, 0.1) is 11.8 Å². The third-order valence-corrected chi connectivity index (χ3v) is 2.94. The highest BCUT2D eigenvalue weighted by Crippen LogP contribution is 2.12. The van der Waals surface area contributed by atoms with Crippen LogP contribution in [0.3, 0.4) is 0 Å². The maximum Gasteiger partial charge on any atom is 0.254 e. The number of anilines is 1. The van der Waals surface area contributed by atoms with Crippen molar-refractivity contribution in [1.82, 2.24) is 20.1 Å². The molecule has 2 heterocycles. The van der Waals surface area contributed by atoms with Crippen LogP contribution in [0.2, 0.25) is 0 Å². The fraction of sp³-hybridized carbons (Fsp3) is 0.250. The summed E-state index contributed by atoms with van der Waals surface area (Å²) in [5.41, 5.74) is 7.01. The van der Waals surface area contributed by atoms with Gasteiger partial charge >= 0.3 is 0 Å². The van der Waals surface area contributed by atoms with Crippen LogP contribution in [0.4, 0.5) is 10.2 Å². The highest BCUT2D eigenvalue weighted by atomic mass is 19.1. The van der Waals surface area contributed by atoms with Crippen molar-refractivity contribution >= 4 is 11.7 Å². The third kappa shape index (κ3) is 2.54. The molecule has 2 aromatic heterocycles. The number of hydrogen-bond donors (Lipinski definition) is 2. The number of nitrogens with two attached hydrogens (primary N) is 1. The van der Waals surface area contributed by atoms with E-state index in [0.29, 0.717) is 0 Å². The fourth-order valence-corrected chi connectivity index (χ4v) is 1.62. The lowest BCUT2D eigenvalue weighted by Crippen LogP contribution is -2.24. The quantitative estimate of drug-likeness (QED) is 0.856. The Balaban J connectivity index is 2.10. The first kappa shape index (κ1) is 13.0. The van der Waals surface area contributed by atoms with Crippen molar-refractivity contribution in [3.05, 3.63) is 41.1 Å². The molecule has 0 atom stereocenters. The summed E-state index contributed by atoms with van der Waals surface area (Å²) in [5.74, 6) is -1.62. The van der Waals surface area contributed by atoms with Gasteiger partial charge in [-0.25, -0.2) is 9.37 Å². The molecule has 0 fully saturated rings. The van der Waals surface area contributed by atoms with Gasteiger partial charge in [-0.15, -0.1) is 0 Å². The van der Waals surface area contributed by atoms with Crippen LogP contribution >= 0.6 is 0 Å². The highest BCUT2D eigenvalue weighted by molar-refractivity contribution is 5.95. The largest absolute Gasteiger partial charge is 0.381 e. The second-order valence-electron chi connectivity index (χ2n) is 4.12. The predicted molar refractivity (Wildman–Crippen MR) is 67.7 cm³/mol. The van der Waals surface area contributed by atoms with E-state index in [4.69, 9.17) is 5.73 Å². The van der Waals surface area contributed by atoms with Gasteiger partial charge in [0.1, 0.15) is 0 Å². The second-order valence-corrected chi connectivity index (χ2v) is 4.12. The molecule has 0 aliphatic heterocycles. The van der Waals surface area contributed by atoms with Crippen LogP contribution < -0.4 is 11.1 Å². The van der Waals surface area contributed by atoms with E-state index < -0.39 is 11.7 Å². The lowest BCUT2D eigenvalue weighted by Gasteiger charge is -2.06. The number of halogens is 1.